The highest BCUT2D eigenvalue weighted by molar-refractivity contribution is 5.52. The van der Waals surface area contributed by atoms with Crippen molar-refractivity contribution in [1.82, 2.24) is 0 Å². The van der Waals surface area contributed by atoms with Crippen LogP contribution in [-0.2, 0) is 0 Å². The molecule has 0 amide bonds. The number of nitriles is 2. The van der Waals surface area contributed by atoms with Gasteiger partial charge in [-0.15, -0.1) is 0 Å². The number of nitrogens with zero attached hydrogens (tertiary/aromatic N) is 2. The van der Waals surface area contributed by atoms with E-state index in [4.69, 9.17) is 15.3 Å². The van der Waals surface area contributed by atoms with Gasteiger partial charge in [-0.3, -0.25) is 0 Å². The molecule has 0 N–H and O–H groups in total. The smallest absolute Gasteiger partial charge is 0.148 e. The predicted octanol–water partition coefficient (Wildman–Crippen LogP) is 3.84. The lowest BCUT2D eigenvalue weighted by Gasteiger charge is -2.12. The van der Waals surface area contributed by atoms with Gasteiger partial charge in [-0.1, -0.05) is 18.2 Å². The van der Waals surface area contributed by atoms with Gasteiger partial charge in [0, 0.05) is 0 Å². The van der Waals surface area contributed by atoms with Crippen molar-refractivity contribution in [1.29, 1.82) is 10.5 Å². The Balaban J connectivity index is 2.48. The average Bonchev–Trinajstić information content (AvgIpc) is 2.43. The molecule has 0 atom stereocenters. The summed E-state index contributed by atoms with van der Waals surface area (Å²) in [7, 11) is 0. The van der Waals surface area contributed by atoms with E-state index in [1.807, 2.05) is 32.0 Å². The second-order valence-electron chi connectivity index (χ2n) is 4.26. The van der Waals surface area contributed by atoms with Gasteiger partial charge in [0.15, 0.2) is 0 Å². The van der Waals surface area contributed by atoms with E-state index in [9.17, 15) is 0 Å². The van der Waals surface area contributed by atoms with Crippen molar-refractivity contribution >= 4 is 0 Å². The minimum absolute atomic E-state index is 0.488. The van der Waals surface area contributed by atoms with Crippen LogP contribution in [0.25, 0.3) is 0 Å². The molecular weight excluding hydrogens is 236 g/mol. The maximum Gasteiger partial charge on any atom is 0.148 e. The van der Waals surface area contributed by atoms with Crippen LogP contribution in [0.1, 0.15) is 22.3 Å². The molecule has 3 nitrogen and oxygen atoms in total. The van der Waals surface area contributed by atoms with E-state index in [2.05, 4.69) is 12.1 Å². The van der Waals surface area contributed by atoms with Crippen molar-refractivity contribution < 1.29 is 4.74 Å². The molecule has 92 valence electrons. The van der Waals surface area contributed by atoms with Crippen LogP contribution < -0.4 is 4.74 Å². The van der Waals surface area contributed by atoms with E-state index < -0.39 is 0 Å². The molecule has 2 aromatic carbocycles. The van der Waals surface area contributed by atoms with E-state index in [0.717, 1.165) is 11.1 Å². The molecule has 0 heterocycles. The fourth-order valence-electron chi connectivity index (χ4n) is 1.77. The molecule has 0 aliphatic rings. The van der Waals surface area contributed by atoms with Crippen LogP contribution >= 0.6 is 0 Å². The standard InChI is InChI=1S/C16H12N2O/c1-11-6-7-13(9-17)8-15(11)19-16-12(2)4-3-5-14(16)10-18/h3-8H,1-2H3. The van der Waals surface area contributed by atoms with E-state index in [-0.39, 0.29) is 0 Å². The van der Waals surface area contributed by atoms with Crippen LogP contribution in [-0.4, -0.2) is 0 Å². The summed E-state index contributed by atoms with van der Waals surface area (Å²) in [6.45, 7) is 3.79. The lowest BCUT2D eigenvalue weighted by Crippen LogP contribution is -1.94. The zero-order valence-electron chi connectivity index (χ0n) is 10.8. The van der Waals surface area contributed by atoms with Gasteiger partial charge in [0.25, 0.3) is 0 Å². The van der Waals surface area contributed by atoms with Gasteiger partial charge in [-0.25, -0.2) is 0 Å². The Bertz CT molecular complexity index is 706. The highest BCUT2D eigenvalue weighted by Crippen LogP contribution is 2.31. The van der Waals surface area contributed by atoms with Crippen LogP contribution in [0.4, 0.5) is 0 Å². The van der Waals surface area contributed by atoms with E-state index in [1.54, 1.807) is 18.2 Å². The van der Waals surface area contributed by atoms with Crippen molar-refractivity contribution in [3.63, 3.8) is 0 Å². The number of hydrogen-bond donors (Lipinski definition) is 0. The molecule has 2 aromatic rings. The summed E-state index contributed by atoms with van der Waals surface area (Å²) in [5, 5.41) is 18.0. The summed E-state index contributed by atoms with van der Waals surface area (Å²) in [5.41, 5.74) is 2.83. The molecule has 2 rings (SSSR count). The second-order valence-corrected chi connectivity index (χ2v) is 4.26. The first-order valence-electron chi connectivity index (χ1n) is 5.84. The minimum Gasteiger partial charge on any atom is -0.455 e. The lowest BCUT2D eigenvalue weighted by molar-refractivity contribution is 0.473. The first-order valence-corrected chi connectivity index (χ1v) is 5.84. The Morgan fingerprint density at radius 2 is 1.74 bits per heavy atom. The summed E-state index contributed by atoms with van der Waals surface area (Å²) in [5.74, 6) is 1.15. The maximum atomic E-state index is 9.11. The highest BCUT2D eigenvalue weighted by atomic mass is 16.5. The predicted molar refractivity (Wildman–Crippen MR) is 71.9 cm³/mol. The summed E-state index contributed by atoms with van der Waals surface area (Å²) in [6.07, 6.45) is 0. The molecular formula is C16H12N2O. The largest absolute Gasteiger partial charge is 0.455 e. The average molecular weight is 248 g/mol. The van der Waals surface area contributed by atoms with Gasteiger partial charge in [-0.05, 0) is 43.2 Å². The van der Waals surface area contributed by atoms with Gasteiger partial charge >= 0.3 is 0 Å². The first kappa shape index (κ1) is 12.7. The fraction of sp³-hybridized carbons (Fsp3) is 0.125. The molecule has 0 aromatic heterocycles. The molecule has 0 unspecified atom stereocenters. The zero-order valence-corrected chi connectivity index (χ0v) is 10.8. The van der Waals surface area contributed by atoms with Crippen molar-refractivity contribution in [2.75, 3.05) is 0 Å². The van der Waals surface area contributed by atoms with Crippen LogP contribution in [0.3, 0.4) is 0 Å². The van der Waals surface area contributed by atoms with Crippen molar-refractivity contribution in [2.24, 2.45) is 0 Å². The Hall–Kier alpha value is -2.78. The number of para-hydroxylation sites is 1. The third-order valence-corrected chi connectivity index (χ3v) is 2.86. The highest BCUT2D eigenvalue weighted by Gasteiger charge is 2.10. The number of aryl methyl sites for hydroxylation is 2. The molecule has 0 radical (unpaired) electrons. The first-order chi connectivity index (χ1) is 9.15. The molecule has 0 fully saturated rings. The molecule has 0 saturated heterocycles. The number of benzene rings is 2. The van der Waals surface area contributed by atoms with Crippen LogP contribution in [0.2, 0.25) is 0 Å². The lowest BCUT2D eigenvalue weighted by atomic mass is 10.1. The fourth-order valence-corrected chi connectivity index (χ4v) is 1.77. The van der Waals surface area contributed by atoms with E-state index in [1.165, 1.54) is 0 Å². The van der Waals surface area contributed by atoms with Crippen molar-refractivity contribution in [3.05, 3.63) is 58.7 Å². The molecule has 0 saturated carbocycles. The Labute approximate surface area is 112 Å². The Morgan fingerprint density at radius 3 is 2.42 bits per heavy atom. The third-order valence-electron chi connectivity index (χ3n) is 2.86. The quantitative estimate of drug-likeness (QED) is 0.811. The number of rotatable bonds is 2. The minimum atomic E-state index is 0.488. The summed E-state index contributed by atoms with van der Waals surface area (Å²) in [6, 6.07) is 14.9. The molecule has 0 aliphatic carbocycles. The van der Waals surface area contributed by atoms with E-state index in [0.29, 0.717) is 22.6 Å². The Kier molecular flexibility index (Phi) is 3.50. The molecule has 0 aliphatic heterocycles. The van der Waals surface area contributed by atoms with Crippen molar-refractivity contribution in [3.8, 4) is 23.6 Å². The third kappa shape index (κ3) is 2.56. The van der Waals surface area contributed by atoms with Gasteiger partial charge in [-0.2, -0.15) is 10.5 Å². The monoisotopic (exact) mass is 248 g/mol. The summed E-state index contributed by atoms with van der Waals surface area (Å²) >= 11 is 0. The van der Waals surface area contributed by atoms with Crippen molar-refractivity contribution in [2.45, 2.75) is 13.8 Å². The number of ether oxygens (including phenoxy) is 1. The molecule has 0 bridgehead atoms. The second kappa shape index (κ2) is 5.25. The van der Waals surface area contributed by atoms with Gasteiger partial charge in [0.2, 0.25) is 0 Å². The summed E-state index contributed by atoms with van der Waals surface area (Å²) in [4.78, 5) is 0. The topological polar surface area (TPSA) is 56.8 Å². The zero-order chi connectivity index (χ0) is 13.8. The van der Waals surface area contributed by atoms with Crippen LogP contribution in [0.5, 0.6) is 11.5 Å². The van der Waals surface area contributed by atoms with E-state index >= 15 is 0 Å². The van der Waals surface area contributed by atoms with Gasteiger partial charge < -0.3 is 4.74 Å². The molecule has 3 heteroatoms. The van der Waals surface area contributed by atoms with Gasteiger partial charge in [0.05, 0.1) is 17.2 Å². The summed E-state index contributed by atoms with van der Waals surface area (Å²) < 4.78 is 5.83. The maximum absolute atomic E-state index is 9.11. The normalized spacial score (nSPS) is 9.47. The van der Waals surface area contributed by atoms with Gasteiger partial charge in [0.1, 0.15) is 17.6 Å². The SMILES string of the molecule is Cc1ccc(C#N)cc1Oc1c(C)cccc1C#N. The number of hydrogen-bond acceptors (Lipinski definition) is 3. The molecule has 19 heavy (non-hydrogen) atoms. The van der Waals surface area contributed by atoms with Crippen LogP contribution in [0, 0.1) is 36.5 Å². The van der Waals surface area contributed by atoms with Crippen LogP contribution in [0.15, 0.2) is 36.4 Å². The Morgan fingerprint density at radius 1 is 0.947 bits per heavy atom. The molecule has 0 spiro atoms.